The number of carboxylic acids is 1. The van der Waals surface area contributed by atoms with E-state index in [1.54, 1.807) is 24.4 Å². The first-order chi connectivity index (χ1) is 6.20. The first-order valence-corrected chi connectivity index (χ1v) is 3.79. The van der Waals surface area contributed by atoms with E-state index in [-0.39, 0.29) is 6.42 Å². The molecule has 0 bridgehead atoms. The van der Waals surface area contributed by atoms with Crippen molar-refractivity contribution < 1.29 is 9.90 Å². The SMILES string of the molecule is Nc1cccnc1C=CCC(=O)O. The molecule has 0 amide bonds. The van der Waals surface area contributed by atoms with Crippen LogP contribution in [0.25, 0.3) is 6.08 Å². The predicted octanol–water partition coefficient (Wildman–Crippen LogP) is 1.15. The van der Waals surface area contributed by atoms with Crippen molar-refractivity contribution in [1.82, 2.24) is 4.98 Å². The molecule has 0 radical (unpaired) electrons. The Labute approximate surface area is 75.7 Å². The van der Waals surface area contributed by atoms with Crippen LogP contribution >= 0.6 is 0 Å². The van der Waals surface area contributed by atoms with Crippen LogP contribution in [0.3, 0.4) is 0 Å². The largest absolute Gasteiger partial charge is 0.481 e. The van der Waals surface area contributed by atoms with E-state index < -0.39 is 5.97 Å². The molecule has 1 aromatic rings. The number of nitrogens with two attached hydrogens (primary N) is 1. The standard InChI is InChI=1S/C9H10N2O2/c10-7-3-2-6-11-8(7)4-1-5-9(12)13/h1-4,6H,5,10H2,(H,12,13). The van der Waals surface area contributed by atoms with Crippen molar-refractivity contribution in [2.24, 2.45) is 0 Å². The molecular weight excluding hydrogens is 168 g/mol. The molecule has 4 nitrogen and oxygen atoms in total. The molecule has 0 aliphatic carbocycles. The van der Waals surface area contributed by atoms with Gasteiger partial charge in [-0.1, -0.05) is 6.08 Å². The van der Waals surface area contributed by atoms with Gasteiger partial charge in [0.05, 0.1) is 17.8 Å². The molecule has 0 aromatic carbocycles. The molecule has 0 saturated heterocycles. The Balaban J connectivity index is 2.68. The molecule has 13 heavy (non-hydrogen) atoms. The molecule has 0 aliphatic rings. The Morgan fingerprint density at radius 3 is 3.08 bits per heavy atom. The summed E-state index contributed by atoms with van der Waals surface area (Å²) >= 11 is 0. The Morgan fingerprint density at radius 2 is 2.46 bits per heavy atom. The highest BCUT2D eigenvalue weighted by Gasteiger charge is 1.94. The maximum absolute atomic E-state index is 10.2. The summed E-state index contributed by atoms with van der Waals surface area (Å²) < 4.78 is 0. The van der Waals surface area contributed by atoms with Crippen LogP contribution in [-0.2, 0) is 4.79 Å². The Kier molecular flexibility index (Phi) is 3.03. The van der Waals surface area contributed by atoms with Gasteiger partial charge >= 0.3 is 5.97 Å². The first kappa shape index (κ1) is 9.25. The average Bonchev–Trinajstić information content (AvgIpc) is 2.08. The lowest BCUT2D eigenvalue weighted by Crippen LogP contribution is -1.92. The molecule has 0 atom stereocenters. The fraction of sp³-hybridized carbons (Fsp3) is 0.111. The smallest absolute Gasteiger partial charge is 0.307 e. The summed E-state index contributed by atoms with van der Waals surface area (Å²) in [6, 6.07) is 3.44. The van der Waals surface area contributed by atoms with E-state index in [0.717, 1.165) is 0 Å². The highest BCUT2D eigenvalue weighted by molar-refractivity contribution is 5.71. The van der Waals surface area contributed by atoms with Crippen molar-refractivity contribution in [3.05, 3.63) is 30.1 Å². The van der Waals surface area contributed by atoms with Crippen molar-refractivity contribution >= 4 is 17.7 Å². The minimum absolute atomic E-state index is 0.0178. The molecule has 0 saturated carbocycles. The van der Waals surface area contributed by atoms with Crippen LogP contribution in [0.5, 0.6) is 0 Å². The van der Waals surface area contributed by atoms with Gasteiger partial charge in [-0.15, -0.1) is 0 Å². The van der Waals surface area contributed by atoms with Crippen molar-refractivity contribution in [2.75, 3.05) is 5.73 Å². The number of nitrogens with zero attached hydrogens (tertiary/aromatic N) is 1. The zero-order chi connectivity index (χ0) is 9.68. The Hall–Kier alpha value is -1.84. The number of rotatable bonds is 3. The third-order valence-corrected chi connectivity index (χ3v) is 1.44. The number of nitrogen functional groups attached to an aromatic ring is 1. The highest BCUT2D eigenvalue weighted by atomic mass is 16.4. The van der Waals surface area contributed by atoms with Gasteiger partial charge in [0.15, 0.2) is 0 Å². The second-order valence-corrected chi connectivity index (χ2v) is 2.48. The van der Waals surface area contributed by atoms with Gasteiger partial charge < -0.3 is 10.8 Å². The normalized spacial score (nSPS) is 10.5. The lowest BCUT2D eigenvalue weighted by molar-refractivity contribution is -0.135. The monoisotopic (exact) mass is 178 g/mol. The van der Waals surface area contributed by atoms with Crippen LogP contribution in [0.15, 0.2) is 24.4 Å². The Morgan fingerprint density at radius 1 is 1.69 bits per heavy atom. The van der Waals surface area contributed by atoms with E-state index in [0.29, 0.717) is 11.4 Å². The van der Waals surface area contributed by atoms with Crippen LogP contribution < -0.4 is 5.73 Å². The van der Waals surface area contributed by atoms with E-state index >= 15 is 0 Å². The summed E-state index contributed by atoms with van der Waals surface area (Å²) in [6.07, 6.45) is 4.71. The molecule has 1 aromatic heterocycles. The number of carbonyl (C=O) groups is 1. The summed E-state index contributed by atoms with van der Waals surface area (Å²) in [7, 11) is 0. The fourth-order valence-corrected chi connectivity index (χ4v) is 0.841. The van der Waals surface area contributed by atoms with E-state index in [1.807, 2.05) is 0 Å². The molecule has 1 heterocycles. The fourth-order valence-electron chi connectivity index (χ4n) is 0.841. The van der Waals surface area contributed by atoms with Crippen LogP contribution in [0.4, 0.5) is 5.69 Å². The summed E-state index contributed by atoms with van der Waals surface area (Å²) in [6.45, 7) is 0. The summed E-state index contributed by atoms with van der Waals surface area (Å²) in [5, 5.41) is 8.36. The van der Waals surface area contributed by atoms with Crippen molar-refractivity contribution in [1.29, 1.82) is 0 Å². The predicted molar refractivity (Wildman–Crippen MR) is 49.9 cm³/mol. The molecule has 0 aliphatic heterocycles. The molecule has 4 heteroatoms. The zero-order valence-electron chi connectivity index (χ0n) is 6.97. The van der Waals surface area contributed by atoms with Gasteiger partial charge in [0.2, 0.25) is 0 Å². The van der Waals surface area contributed by atoms with Crippen LogP contribution in [0, 0.1) is 0 Å². The van der Waals surface area contributed by atoms with Crippen LogP contribution in [0.1, 0.15) is 12.1 Å². The number of hydrogen-bond acceptors (Lipinski definition) is 3. The van der Waals surface area contributed by atoms with E-state index in [4.69, 9.17) is 10.8 Å². The highest BCUT2D eigenvalue weighted by Crippen LogP contribution is 2.08. The first-order valence-electron chi connectivity index (χ1n) is 3.79. The quantitative estimate of drug-likeness (QED) is 0.727. The van der Waals surface area contributed by atoms with Gasteiger partial charge in [0, 0.05) is 6.20 Å². The minimum Gasteiger partial charge on any atom is -0.481 e. The maximum atomic E-state index is 10.2. The molecular formula is C9H10N2O2. The van der Waals surface area contributed by atoms with Crippen molar-refractivity contribution in [3.8, 4) is 0 Å². The number of anilines is 1. The lowest BCUT2D eigenvalue weighted by Gasteiger charge is -1.96. The van der Waals surface area contributed by atoms with Crippen molar-refractivity contribution in [3.63, 3.8) is 0 Å². The molecule has 0 spiro atoms. The number of aromatic nitrogens is 1. The van der Waals surface area contributed by atoms with Crippen molar-refractivity contribution in [2.45, 2.75) is 6.42 Å². The summed E-state index contributed by atoms with van der Waals surface area (Å²) in [5.41, 5.74) is 6.72. The third-order valence-electron chi connectivity index (χ3n) is 1.44. The number of pyridine rings is 1. The van der Waals surface area contributed by atoms with Gasteiger partial charge in [0.25, 0.3) is 0 Å². The number of aliphatic carboxylic acids is 1. The molecule has 3 N–H and O–H groups in total. The molecule has 68 valence electrons. The number of hydrogen-bond donors (Lipinski definition) is 2. The zero-order valence-corrected chi connectivity index (χ0v) is 6.97. The topological polar surface area (TPSA) is 76.2 Å². The van der Waals surface area contributed by atoms with Gasteiger partial charge in [-0.05, 0) is 18.2 Å². The second-order valence-electron chi connectivity index (χ2n) is 2.48. The average molecular weight is 178 g/mol. The van der Waals surface area contributed by atoms with Gasteiger partial charge in [-0.2, -0.15) is 0 Å². The third kappa shape index (κ3) is 2.94. The van der Waals surface area contributed by atoms with E-state index in [2.05, 4.69) is 4.98 Å². The van der Waals surface area contributed by atoms with E-state index in [9.17, 15) is 4.79 Å². The second kappa shape index (κ2) is 4.25. The summed E-state index contributed by atoms with van der Waals surface area (Å²) in [4.78, 5) is 14.1. The molecule has 0 fully saturated rings. The maximum Gasteiger partial charge on any atom is 0.307 e. The Bertz CT molecular complexity index is 334. The van der Waals surface area contributed by atoms with Crippen LogP contribution in [0.2, 0.25) is 0 Å². The van der Waals surface area contributed by atoms with Crippen LogP contribution in [-0.4, -0.2) is 16.1 Å². The van der Waals surface area contributed by atoms with E-state index in [1.165, 1.54) is 6.08 Å². The van der Waals surface area contributed by atoms with Gasteiger partial charge in [-0.25, -0.2) is 0 Å². The molecule has 1 rings (SSSR count). The number of carboxylic acid groups (broad SMARTS) is 1. The summed E-state index contributed by atoms with van der Waals surface area (Å²) in [5.74, 6) is -0.870. The van der Waals surface area contributed by atoms with Gasteiger partial charge in [-0.3, -0.25) is 9.78 Å². The minimum atomic E-state index is -0.870. The molecule has 0 unspecified atom stereocenters. The lowest BCUT2D eigenvalue weighted by atomic mass is 10.2. The van der Waals surface area contributed by atoms with Gasteiger partial charge in [0.1, 0.15) is 0 Å².